The summed E-state index contributed by atoms with van der Waals surface area (Å²) in [6.07, 6.45) is 5.15. The molecular formula is C23H31Cl2N3O2. The molecule has 1 N–H and O–H groups in total. The summed E-state index contributed by atoms with van der Waals surface area (Å²) in [4.78, 5) is 9.59. The van der Waals surface area contributed by atoms with Crippen molar-refractivity contribution in [1.82, 2.24) is 9.88 Å². The molecule has 3 aromatic rings. The largest absolute Gasteiger partial charge is 0.460 e. The van der Waals surface area contributed by atoms with Gasteiger partial charge in [0.15, 0.2) is 11.4 Å². The minimum Gasteiger partial charge on any atom is -0.460 e. The minimum absolute atomic E-state index is 0. The van der Waals surface area contributed by atoms with Gasteiger partial charge in [0.1, 0.15) is 0 Å². The highest BCUT2D eigenvalue weighted by Crippen LogP contribution is 2.34. The van der Waals surface area contributed by atoms with Gasteiger partial charge in [-0.1, -0.05) is 31.2 Å². The van der Waals surface area contributed by atoms with E-state index < -0.39 is 0 Å². The van der Waals surface area contributed by atoms with E-state index in [4.69, 9.17) is 9.40 Å². The first-order valence-corrected chi connectivity index (χ1v) is 10.3. The molecule has 1 fully saturated rings. The number of rotatable bonds is 6. The van der Waals surface area contributed by atoms with Gasteiger partial charge in [-0.3, -0.25) is 0 Å². The molecule has 1 unspecified atom stereocenters. The highest BCUT2D eigenvalue weighted by molar-refractivity contribution is 5.98. The van der Waals surface area contributed by atoms with Crippen molar-refractivity contribution >= 4 is 41.6 Å². The molecule has 1 aromatic carbocycles. The van der Waals surface area contributed by atoms with Gasteiger partial charge in [-0.15, -0.1) is 24.8 Å². The quantitative estimate of drug-likeness (QED) is 0.583. The maximum atomic E-state index is 9.48. The highest BCUT2D eigenvalue weighted by Gasteiger charge is 2.21. The summed E-state index contributed by atoms with van der Waals surface area (Å²) < 4.78 is 5.86. The Hall–Kier alpha value is -1.79. The predicted octanol–water partition coefficient (Wildman–Crippen LogP) is 4.79. The summed E-state index contributed by atoms with van der Waals surface area (Å²) in [7, 11) is 0. The summed E-state index contributed by atoms with van der Waals surface area (Å²) in [5, 5.41) is 10.6. The maximum absolute atomic E-state index is 9.48. The van der Waals surface area contributed by atoms with E-state index in [1.54, 1.807) is 6.26 Å². The third kappa shape index (κ3) is 5.27. The number of aromatic nitrogens is 1. The smallest absolute Gasteiger partial charge is 0.176 e. The fourth-order valence-corrected chi connectivity index (χ4v) is 3.91. The molecule has 0 bridgehead atoms. The zero-order valence-corrected chi connectivity index (χ0v) is 19.2. The average Bonchev–Trinajstić information content (AvgIpc) is 3.22. The fraction of sp³-hybridized carbons (Fsp3) is 0.435. The Bertz CT molecular complexity index is 920. The molecule has 3 heterocycles. The van der Waals surface area contributed by atoms with E-state index in [0.717, 1.165) is 73.5 Å². The predicted molar refractivity (Wildman–Crippen MR) is 128 cm³/mol. The second kappa shape index (κ2) is 11.0. The summed E-state index contributed by atoms with van der Waals surface area (Å²) in [5.41, 5.74) is 4.36. The van der Waals surface area contributed by atoms with Crippen LogP contribution in [0, 0.1) is 0 Å². The van der Waals surface area contributed by atoms with Gasteiger partial charge in [-0.25, -0.2) is 4.98 Å². The first-order chi connectivity index (χ1) is 13.7. The Morgan fingerprint density at radius 2 is 1.77 bits per heavy atom. The summed E-state index contributed by atoms with van der Waals surface area (Å²) >= 11 is 0. The molecule has 0 saturated carbocycles. The second-order valence-electron chi connectivity index (χ2n) is 7.66. The number of pyridine rings is 1. The Morgan fingerprint density at radius 3 is 2.40 bits per heavy atom. The van der Waals surface area contributed by atoms with E-state index in [1.165, 1.54) is 5.56 Å². The Kier molecular flexibility index (Phi) is 8.98. The van der Waals surface area contributed by atoms with Crippen LogP contribution in [-0.4, -0.2) is 53.8 Å². The average molecular weight is 452 g/mol. The van der Waals surface area contributed by atoms with Gasteiger partial charge in [0, 0.05) is 43.3 Å². The summed E-state index contributed by atoms with van der Waals surface area (Å²) in [6, 6.07) is 10.6. The van der Waals surface area contributed by atoms with Crippen molar-refractivity contribution in [3.63, 3.8) is 0 Å². The third-order valence-electron chi connectivity index (χ3n) is 5.71. The van der Waals surface area contributed by atoms with E-state index in [1.807, 2.05) is 19.2 Å². The van der Waals surface area contributed by atoms with E-state index in [2.05, 4.69) is 41.0 Å². The number of aliphatic hydroxyl groups excluding tert-OH is 1. The van der Waals surface area contributed by atoms with Crippen molar-refractivity contribution in [3.05, 3.63) is 48.4 Å². The summed E-state index contributed by atoms with van der Waals surface area (Å²) in [5.74, 6) is 0.952. The SMILES string of the molecule is CCN1CCN(c2ncc(-c3ccc(CCC(C)O)cc3)c3ccoc23)CC1.Cl.Cl. The van der Waals surface area contributed by atoms with Crippen LogP contribution in [0.3, 0.4) is 0 Å². The van der Waals surface area contributed by atoms with Gasteiger partial charge in [-0.05, 0) is 43.5 Å². The molecule has 1 aliphatic rings. The van der Waals surface area contributed by atoms with Crippen LogP contribution in [0.5, 0.6) is 0 Å². The van der Waals surface area contributed by atoms with Crippen LogP contribution in [0.1, 0.15) is 25.8 Å². The number of benzene rings is 1. The number of aliphatic hydroxyl groups is 1. The standard InChI is InChI=1S/C23H29N3O2.2ClH/c1-3-25-11-13-26(14-12-25)23-22-20(10-15-28-22)21(16-24-23)19-8-6-18(7-9-19)5-4-17(2)27;;/h6-10,15-17,27H,3-5,11-14H2,1-2H3;2*1H. The Balaban J connectivity index is 0.00000160. The first kappa shape index (κ1) is 24.5. The van der Waals surface area contributed by atoms with Gasteiger partial charge in [-0.2, -0.15) is 0 Å². The van der Waals surface area contributed by atoms with Crippen LogP contribution < -0.4 is 4.90 Å². The van der Waals surface area contributed by atoms with Gasteiger partial charge >= 0.3 is 0 Å². The van der Waals surface area contributed by atoms with Crippen molar-refractivity contribution < 1.29 is 9.52 Å². The van der Waals surface area contributed by atoms with Crippen molar-refractivity contribution in [2.75, 3.05) is 37.6 Å². The molecule has 0 radical (unpaired) electrons. The number of anilines is 1. The molecular weight excluding hydrogens is 421 g/mol. The molecule has 5 nitrogen and oxygen atoms in total. The van der Waals surface area contributed by atoms with Crippen LogP contribution in [0.15, 0.2) is 47.2 Å². The van der Waals surface area contributed by atoms with Crippen molar-refractivity contribution in [2.45, 2.75) is 32.8 Å². The number of likely N-dealkylation sites (N-methyl/N-ethyl adjacent to an activating group) is 1. The first-order valence-electron chi connectivity index (χ1n) is 10.3. The number of piperazine rings is 1. The van der Waals surface area contributed by atoms with E-state index >= 15 is 0 Å². The molecule has 0 aliphatic carbocycles. The molecule has 7 heteroatoms. The fourth-order valence-electron chi connectivity index (χ4n) is 3.91. The molecule has 4 rings (SSSR count). The van der Waals surface area contributed by atoms with E-state index in [0.29, 0.717) is 0 Å². The molecule has 1 atom stereocenters. The van der Waals surface area contributed by atoms with Gasteiger partial charge < -0.3 is 19.3 Å². The summed E-state index contributed by atoms with van der Waals surface area (Å²) in [6.45, 7) is 9.24. The van der Waals surface area contributed by atoms with E-state index in [9.17, 15) is 5.11 Å². The molecule has 30 heavy (non-hydrogen) atoms. The normalized spacial score (nSPS) is 15.5. The van der Waals surface area contributed by atoms with E-state index in [-0.39, 0.29) is 30.9 Å². The van der Waals surface area contributed by atoms with Crippen LogP contribution in [0.2, 0.25) is 0 Å². The number of halogens is 2. The zero-order valence-electron chi connectivity index (χ0n) is 17.6. The third-order valence-corrected chi connectivity index (χ3v) is 5.71. The molecule has 164 valence electrons. The Labute approximate surface area is 190 Å². The lowest BCUT2D eigenvalue weighted by Gasteiger charge is -2.34. The number of fused-ring (bicyclic) bond motifs is 1. The molecule has 1 saturated heterocycles. The lowest BCUT2D eigenvalue weighted by molar-refractivity contribution is 0.185. The Morgan fingerprint density at radius 1 is 1.07 bits per heavy atom. The number of hydrogen-bond acceptors (Lipinski definition) is 5. The van der Waals surface area contributed by atoms with Crippen LogP contribution in [0.4, 0.5) is 5.82 Å². The van der Waals surface area contributed by atoms with Gasteiger partial charge in [0.2, 0.25) is 0 Å². The van der Waals surface area contributed by atoms with Crippen LogP contribution >= 0.6 is 24.8 Å². The van der Waals surface area contributed by atoms with Crippen molar-refractivity contribution in [3.8, 4) is 11.1 Å². The van der Waals surface area contributed by atoms with Crippen molar-refractivity contribution in [1.29, 1.82) is 0 Å². The second-order valence-corrected chi connectivity index (χ2v) is 7.66. The van der Waals surface area contributed by atoms with Crippen LogP contribution in [-0.2, 0) is 6.42 Å². The molecule has 0 spiro atoms. The van der Waals surface area contributed by atoms with Crippen molar-refractivity contribution in [2.24, 2.45) is 0 Å². The number of furan rings is 1. The number of aryl methyl sites for hydroxylation is 1. The minimum atomic E-state index is -0.263. The van der Waals surface area contributed by atoms with Gasteiger partial charge in [0.05, 0.1) is 12.4 Å². The number of nitrogens with zero attached hydrogens (tertiary/aromatic N) is 3. The zero-order chi connectivity index (χ0) is 19.5. The lowest BCUT2D eigenvalue weighted by atomic mass is 10.0. The maximum Gasteiger partial charge on any atom is 0.176 e. The monoisotopic (exact) mass is 451 g/mol. The molecule has 2 aromatic heterocycles. The molecule has 1 aliphatic heterocycles. The van der Waals surface area contributed by atoms with Crippen LogP contribution in [0.25, 0.3) is 22.1 Å². The topological polar surface area (TPSA) is 52.7 Å². The van der Waals surface area contributed by atoms with Gasteiger partial charge in [0.25, 0.3) is 0 Å². The number of hydrogen-bond donors (Lipinski definition) is 1. The highest BCUT2D eigenvalue weighted by atomic mass is 35.5. The lowest BCUT2D eigenvalue weighted by Crippen LogP contribution is -2.46. The molecule has 0 amide bonds.